The van der Waals surface area contributed by atoms with Crippen molar-refractivity contribution in [1.82, 2.24) is 14.7 Å². The van der Waals surface area contributed by atoms with E-state index >= 15 is 0 Å². The summed E-state index contributed by atoms with van der Waals surface area (Å²) in [7, 11) is 0. The maximum atomic E-state index is 12.9. The van der Waals surface area contributed by atoms with Crippen LogP contribution in [0.5, 0.6) is 0 Å². The number of alkyl halides is 6. The third kappa shape index (κ3) is 4.01. The quantitative estimate of drug-likeness (QED) is 0.636. The summed E-state index contributed by atoms with van der Waals surface area (Å²) in [6.07, 6.45) is -8.38. The monoisotopic (exact) mass is 389 g/mol. The van der Waals surface area contributed by atoms with E-state index < -0.39 is 29.4 Å². The first-order valence-corrected chi connectivity index (χ1v) is 7.32. The van der Waals surface area contributed by atoms with Crippen molar-refractivity contribution in [1.29, 1.82) is 0 Å². The van der Waals surface area contributed by atoms with Crippen LogP contribution in [0.2, 0.25) is 0 Å². The summed E-state index contributed by atoms with van der Waals surface area (Å²) in [5.74, 6) is -1.26. The molecule has 0 aliphatic carbocycles. The van der Waals surface area contributed by atoms with Gasteiger partial charge in [0.05, 0.1) is 12.1 Å². The van der Waals surface area contributed by atoms with E-state index in [1.165, 1.54) is 12.1 Å². The first-order valence-electron chi connectivity index (χ1n) is 7.32. The fourth-order valence-electron chi connectivity index (χ4n) is 2.36. The van der Waals surface area contributed by atoms with Crippen LogP contribution in [0.3, 0.4) is 0 Å². The SMILES string of the molecule is O=c1onc(-c2cccc(C(F)(F)F)c2)n1Cc1ccnc(C(F)(F)F)c1. The predicted octanol–water partition coefficient (Wildman–Crippen LogP) is 3.98. The number of pyridine rings is 1. The molecular weight excluding hydrogens is 380 g/mol. The van der Waals surface area contributed by atoms with Gasteiger partial charge in [-0.2, -0.15) is 26.3 Å². The minimum atomic E-state index is -4.68. The molecule has 2 aromatic heterocycles. The van der Waals surface area contributed by atoms with Crippen molar-refractivity contribution in [3.05, 3.63) is 70.0 Å². The third-order valence-electron chi connectivity index (χ3n) is 3.59. The molecule has 0 saturated heterocycles. The van der Waals surface area contributed by atoms with Crippen LogP contribution in [0.15, 0.2) is 51.9 Å². The Labute approximate surface area is 146 Å². The van der Waals surface area contributed by atoms with Gasteiger partial charge in [-0.3, -0.25) is 14.1 Å². The van der Waals surface area contributed by atoms with Crippen LogP contribution in [0.25, 0.3) is 11.4 Å². The predicted molar refractivity (Wildman–Crippen MR) is 79.5 cm³/mol. The molecule has 142 valence electrons. The topological polar surface area (TPSA) is 60.9 Å². The molecule has 0 N–H and O–H groups in total. The Balaban J connectivity index is 2.01. The second-order valence-corrected chi connectivity index (χ2v) is 5.48. The molecular formula is C16H9F6N3O2. The molecule has 0 aliphatic rings. The first-order chi connectivity index (χ1) is 12.6. The van der Waals surface area contributed by atoms with Crippen molar-refractivity contribution in [2.45, 2.75) is 18.9 Å². The van der Waals surface area contributed by atoms with Crippen LogP contribution in [-0.2, 0) is 18.9 Å². The average Bonchev–Trinajstić information content (AvgIpc) is 2.95. The van der Waals surface area contributed by atoms with Crippen molar-refractivity contribution in [2.24, 2.45) is 0 Å². The normalized spacial score (nSPS) is 12.4. The number of halogens is 6. The highest BCUT2D eigenvalue weighted by molar-refractivity contribution is 5.56. The molecule has 0 aliphatic heterocycles. The summed E-state index contributed by atoms with van der Waals surface area (Å²) < 4.78 is 82.2. The lowest BCUT2D eigenvalue weighted by atomic mass is 10.1. The zero-order valence-electron chi connectivity index (χ0n) is 13.2. The van der Waals surface area contributed by atoms with Gasteiger partial charge in [0.2, 0.25) is 0 Å². The maximum Gasteiger partial charge on any atom is 0.442 e. The van der Waals surface area contributed by atoms with Gasteiger partial charge in [0.1, 0.15) is 5.69 Å². The molecule has 0 spiro atoms. The summed E-state index contributed by atoms with van der Waals surface area (Å²) in [5, 5.41) is 3.45. The van der Waals surface area contributed by atoms with Crippen molar-refractivity contribution in [3.8, 4) is 11.4 Å². The number of benzene rings is 1. The Morgan fingerprint density at radius 3 is 2.41 bits per heavy atom. The minimum absolute atomic E-state index is 0.0517. The highest BCUT2D eigenvalue weighted by atomic mass is 19.4. The van der Waals surface area contributed by atoms with Crippen LogP contribution < -0.4 is 5.76 Å². The van der Waals surface area contributed by atoms with E-state index in [0.29, 0.717) is 0 Å². The molecule has 0 atom stereocenters. The van der Waals surface area contributed by atoms with E-state index in [-0.39, 0.29) is 23.5 Å². The minimum Gasteiger partial charge on any atom is -0.295 e. The molecule has 0 amide bonds. The van der Waals surface area contributed by atoms with Crippen molar-refractivity contribution in [2.75, 3.05) is 0 Å². The molecule has 5 nitrogen and oxygen atoms in total. The number of nitrogens with zero attached hydrogens (tertiary/aromatic N) is 3. The van der Waals surface area contributed by atoms with Gasteiger partial charge in [0, 0.05) is 11.8 Å². The molecule has 0 radical (unpaired) electrons. The molecule has 11 heteroatoms. The lowest BCUT2D eigenvalue weighted by molar-refractivity contribution is -0.141. The van der Waals surface area contributed by atoms with Gasteiger partial charge in [-0.1, -0.05) is 17.3 Å². The van der Waals surface area contributed by atoms with E-state index in [1.807, 2.05) is 0 Å². The molecule has 3 aromatic rings. The average molecular weight is 389 g/mol. The Morgan fingerprint density at radius 1 is 1.00 bits per heavy atom. The number of hydrogen-bond donors (Lipinski definition) is 0. The Bertz CT molecular complexity index is 1020. The van der Waals surface area contributed by atoms with Gasteiger partial charge in [-0.15, -0.1) is 0 Å². The van der Waals surface area contributed by atoms with Gasteiger partial charge in [-0.25, -0.2) is 4.79 Å². The van der Waals surface area contributed by atoms with Crippen LogP contribution in [-0.4, -0.2) is 14.7 Å². The Kier molecular flexibility index (Phi) is 4.54. The van der Waals surface area contributed by atoms with Gasteiger partial charge in [-0.05, 0) is 29.8 Å². The van der Waals surface area contributed by atoms with E-state index in [1.54, 1.807) is 0 Å². The largest absolute Gasteiger partial charge is 0.442 e. The van der Waals surface area contributed by atoms with Crippen LogP contribution in [0, 0.1) is 0 Å². The summed E-state index contributed by atoms with van der Waals surface area (Å²) in [6, 6.07) is 5.97. The van der Waals surface area contributed by atoms with Gasteiger partial charge in [0.25, 0.3) is 0 Å². The van der Waals surface area contributed by atoms with Crippen LogP contribution in [0.4, 0.5) is 26.3 Å². The number of hydrogen-bond acceptors (Lipinski definition) is 4. The van der Waals surface area contributed by atoms with Gasteiger partial charge >= 0.3 is 18.1 Å². The van der Waals surface area contributed by atoms with Crippen LogP contribution >= 0.6 is 0 Å². The molecule has 3 rings (SSSR count). The van der Waals surface area contributed by atoms with E-state index in [4.69, 9.17) is 0 Å². The maximum absolute atomic E-state index is 12.9. The zero-order chi connectivity index (χ0) is 19.8. The lowest BCUT2D eigenvalue weighted by Gasteiger charge is -2.10. The van der Waals surface area contributed by atoms with Crippen LogP contribution in [0.1, 0.15) is 16.8 Å². The molecule has 0 unspecified atom stereocenters. The molecule has 0 saturated carbocycles. The fraction of sp³-hybridized carbons (Fsp3) is 0.188. The van der Waals surface area contributed by atoms with E-state index in [9.17, 15) is 31.1 Å². The molecule has 0 fully saturated rings. The fourth-order valence-corrected chi connectivity index (χ4v) is 2.36. The summed E-state index contributed by atoms with van der Waals surface area (Å²) in [5.41, 5.74) is -2.15. The smallest absolute Gasteiger partial charge is 0.295 e. The highest BCUT2D eigenvalue weighted by Gasteiger charge is 2.33. The van der Waals surface area contributed by atoms with Gasteiger partial charge < -0.3 is 0 Å². The third-order valence-corrected chi connectivity index (χ3v) is 3.59. The zero-order valence-corrected chi connectivity index (χ0v) is 13.2. The number of aromatic nitrogens is 3. The first kappa shape index (κ1) is 18.7. The van der Waals surface area contributed by atoms with Crippen molar-refractivity contribution < 1.29 is 30.9 Å². The van der Waals surface area contributed by atoms with E-state index in [2.05, 4.69) is 14.7 Å². The lowest BCUT2D eigenvalue weighted by Crippen LogP contribution is -2.17. The Hall–Kier alpha value is -3.11. The summed E-state index contributed by atoms with van der Waals surface area (Å²) in [4.78, 5) is 15.1. The number of rotatable bonds is 3. The standard InChI is InChI=1S/C16H9F6N3O2/c17-15(18,19)11-3-1-2-10(7-11)13-24-27-14(26)25(13)8-9-4-5-23-12(6-9)16(20,21)22/h1-7H,8H2. The second kappa shape index (κ2) is 6.56. The Morgan fingerprint density at radius 2 is 1.74 bits per heavy atom. The molecule has 0 bridgehead atoms. The van der Waals surface area contributed by atoms with Crippen molar-refractivity contribution >= 4 is 0 Å². The second-order valence-electron chi connectivity index (χ2n) is 5.48. The highest BCUT2D eigenvalue weighted by Crippen LogP contribution is 2.32. The molecule has 27 heavy (non-hydrogen) atoms. The van der Waals surface area contributed by atoms with Gasteiger partial charge in [0.15, 0.2) is 5.82 Å². The molecule has 1 aromatic carbocycles. The summed E-state index contributed by atoms with van der Waals surface area (Å²) in [6.45, 7) is -0.389. The summed E-state index contributed by atoms with van der Waals surface area (Å²) >= 11 is 0. The van der Waals surface area contributed by atoms with Crippen molar-refractivity contribution in [3.63, 3.8) is 0 Å². The van der Waals surface area contributed by atoms with E-state index in [0.717, 1.165) is 35.0 Å². The molecule has 2 heterocycles.